The molecule has 1 rings (SSSR count). The van der Waals surface area contributed by atoms with Gasteiger partial charge in [-0.1, -0.05) is 5.11 Å². The Morgan fingerprint density at radius 1 is 1.50 bits per heavy atom. The van der Waals surface area contributed by atoms with Gasteiger partial charge < -0.3 is 11.1 Å². The highest BCUT2D eigenvalue weighted by atomic mass is 16.6. The fourth-order valence-electron chi connectivity index (χ4n) is 1.55. The van der Waals surface area contributed by atoms with Gasteiger partial charge in [0.25, 0.3) is 11.6 Å². The second-order valence-electron chi connectivity index (χ2n) is 3.90. The predicted octanol–water partition coefficient (Wildman–Crippen LogP) is 2.01. The number of benzene rings is 1. The summed E-state index contributed by atoms with van der Waals surface area (Å²) in [5.74, 6) is -0.580. The first-order valence-electron chi connectivity index (χ1n) is 5.92. The van der Waals surface area contributed by atoms with E-state index < -0.39 is 10.8 Å². The number of nitro groups is 1. The van der Waals surface area contributed by atoms with E-state index in [0.717, 1.165) is 12.5 Å². The third-order valence-corrected chi connectivity index (χ3v) is 2.50. The van der Waals surface area contributed by atoms with Crippen molar-refractivity contribution in [1.29, 1.82) is 0 Å². The van der Waals surface area contributed by atoms with Gasteiger partial charge in [-0.2, -0.15) is 0 Å². The Labute approximate surface area is 114 Å². The molecule has 0 saturated carbocycles. The third-order valence-electron chi connectivity index (χ3n) is 2.50. The molecule has 3 N–H and O–H groups in total. The number of hydrogen-bond acceptors (Lipinski definition) is 5. The third kappa shape index (κ3) is 4.23. The number of rotatable bonds is 7. The number of nitrogens with zero attached hydrogens (tertiary/aromatic N) is 4. The van der Waals surface area contributed by atoms with E-state index in [2.05, 4.69) is 15.3 Å². The van der Waals surface area contributed by atoms with Crippen LogP contribution in [0, 0.1) is 10.1 Å². The van der Waals surface area contributed by atoms with E-state index in [0.29, 0.717) is 19.5 Å². The fraction of sp³-hybridized carbons (Fsp3) is 0.364. The molecule has 1 amide bonds. The summed E-state index contributed by atoms with van der Waals surface area (Å²) in [5, 5.41) is 16.8. The summed E-state index contributed by atoms with van der Waals surface area (Å²) >= 11 is 0. The van der Waals surface area contributed by atoms with E-state index in [1.54, 1.807) is 0 Å². The number of carbonyl (C=O) groups is 1. The zero-order valence-electron chi connectivity index (χ0n) is 10.7. The summed E-state index contributed by atoms with van der Waals surface area (Å²) in [6.07, 6.45) is 1.44. The molecule has 0 spiro atoms. The second-order valence-corrected chi connectivity index (χ2v) is 3.90. The van der Waals surface area contributed by atoms with Crippen LogP contribution in [0.25, 0.3) is 10.4 Å². The van der Waals surface area contributed by atoms with Gasteiger partial charge in [-0.25, -0.2) is 0 Å². The lowest BCUT2D eigenvalue weighted by Crippen LogP contribution is -2.25. The monoisotopic (exact) mass is 278 g/mol. The highest BCUT2D eigenvalue weighted by Gasteiger charge is 2.20. The van der Waals surface area contributed by atoms with E-state index in [9.17, 15) is 14.9 Å². The summed E-state index contributed by atoms with van der Waals surface area (Å²) in [4.78, 5) is 24.7. The minimum atomic E-state index is -0.658. The topological polar surface area (TPSA) is 147 Å². The molecule has 9 nitrogen and oxygen atoms in total. The average molecular weight is 278 g/mol. The Morgan fingerprint density at radius 3 is 2.85 bits per heavy atom. The number of hydrogen-bond donors (Lipinski definition) is 2. The maximum atomic E-state index is 11.9. The molecule has 0 heterocycles. The Morgan fingerprint density at radius 2 is 2.25 bits per heavy atom. The largest absolute Gasteiger partial charge is 0.352 e. The Hall–Kier alpha value is -2.64. The molecule has 0 aliphatic carbocycles. The van der Waals surface area contributed by atoms with Gasteiger partial charge in [0.2, 0.25) is 0 Å². The first-order valence-corrected chi connectivity index (χ1v) is 5.92. The van der Waals surface area contributed by atoms with Crippen LogP contribution < -0.4 is 11.1 Å². The molecular weight excluding hydrogens is 264 g/mol. The summed E-state index contributed by atoms with van der Waals surface area (Å²) in [6, 6.07) is 3.61. The van der Waals surface area contributed by atoms with Crippen LogP contribution in [0.15, 0.2) is 23.3 Å². The van der Waals surface area contributed by atoms with Gasteiger partial charge in [-0.15, -0.1) is 0 Å². The molecule has 0 bridgehead atoms. The first kappa shape index (κ1) is 15.4. The lowest BCUT2D eigenvalue weighted by Gasteiger charge is -2.06. The molecule has 0 aromatic heterocycles. The van der Waals surface area contributed by atoms with Crippen molar-refractivity contribution in [2.75, 3.05) is 13.1 Å². The summed E-state index contributed by atoms with van der Waals surface area (Å²) < 4.78 is 0. The van der Waals surface area contributed by atoms with Gasteiger partial charge in [-0.3, -0.25) is 14.9 Å². The smallest absolute Gasteiger partial charge is 0.282 e. The quantitative estimate of drug-likeness (QED) is 0.196. The zero-order chi connectivity index (χ0) is 15.0. The number of unbranched alkanes of at least 4 members (excludes halogenated alkanes) is 1. The molecule has 0 unspecified atom stereocenters. The molecule has 0 radical (unpaired) electrons. The number of carbonyl (C=O) groups excluding carboxylic acids is 1. The number of azide groups is 1. The Balaban J connectivity index is 2.94. The van der Waals surface area contributed by atoms with Crippen LogP contribution in [0.3, 0.4) is 0 Å². The number of nitrogens with two attached hydrogens (primary N) is 1. The average Bonchev–Trinajstić information content (AvgIpc) is 2.43. The summed E-state index contributed by atoms with van der Waals surface area (Å²) in [7, 11) is 0. The Kier molecular flexibility index (Phi) is 5.95. The summed E-state index contributed by atoms with van der Waals surface area (Å²) in [5.41, 5.74) is 13.3. The number of nitrogens with one attached hydrogen (secondary N) is 1. The first-order chi connectivity index (χ1) is 9.60. The number of nitro benzene ring substituents is 1. The minimum absolute atomic E-state index is 0.132. The molecule has 20 heavy (non-hydrogen) atoms. The molecule has 0 aliphatic rings. The second kappa shape index (κ2) is 7.72. The van der Waals surface area contributed by atoms with Gasteiger partial charge in [0.05, 0.1) is 4.92 Å². The van der Waals surface area contributed by atoms with Crippen molar-refractivity contribution in [3.63, 3.8) is 0 Å². The van der Waals surface area contributed by atoms with Crippen molar-refractivity contribution in [1.82, 2.24) is 5.32 Å². The van der Waals surface area contributed by atoms with Crippen molar-refractivity contribution in [2.45, 2.75) is 12.8 Å². The SMILES string of the molecule is [N-]=[N+]=Nc1ccc([N+](=O)[O-])c(C(=O)NCCCCN)c1. The van der Waals surface area contributed by atoms with Gasteiger partial charge in [0.15, 0.2) is 0 Å². The molecule has 1 aromatic rings. The summed E-state index contributed by atoms with van der Waals surface area (Å²) in [6.45, 7) is 0.890. The zero-order valence-corrected chi connectivity index (χ0v) is 10.7. The molecule has 1 aromatic carbocycles. The van der Waals surface area contributed by atoms with Crippen LogP contribution in [0.1, 0.15) is 23.2 Å². The van der Waals surface area contributed by atoms with Gasteiger partial charge >= 0.3 is 0 Å². The van der Waals surface area contributed by atoms with Crippen molar-refractivity contribution >= 4 is 17.3 Å². The van der Waals surface area contributed by atoms with Crippen molar-refractivity contribution in [3.05, 3.63) is 44.3 Å². The number of amides is 1. The lowest BCUT2D eigenvalue weighted by atomic mass is 10.1. The van der Waals surface area contributed by atoms with E-state index in [1.165, 1.54) is 12.1 Å². The molecule has 0 atom stereocenters. The molecule has 0 saturated heterocycles. The van der Waals surface area contributed by atoms with Crippen LogP contribution in [0.4, 0.5) is 11.4 Å². The lowest BCUT2D eigenvalue weighted by molar-refractivity contribution is -0.385. The molecule has 106 valence electrons. The predicted molar refractivity (Wildman–Crippen MR) is 72.5 cm³/mol. The van der Waals surface area contributed by atoms with Crippen LogP contribution in [-0.4, -0.2) is 23.9 Å². The van der Waals surface area contributed by atoms with Crippen molar-refractivity contribution in [3.8, 4) is 0 Å². The highest BCUT2D eigenvalue weighted by Crippen LogP contribution is 2.24. The molecular formula is C11H14N6O3. The van der Waals surface area contributed by atoms with Gasteiger partial charge in [-0.05, 0) is 37.1 Å². The van der Waals surface area contributed by atoms with E-state index in [4.69, 9.17) is 11.3 Å². The standard InChI is InChI=1S/C11H14N6O3/c12-5-1-2-6-14-11(18)9-7-8(15-16-13)3-4-10(9)17(19)20/h3-4,7H,1-2,5-6,12H2,(H,14,18). The van der Waals surface area contributed by atoms with E-state index >= 15 is 0 Å². The molecule has 0 aliphatic heterocycles. The van der Waals surface area contributed by atoms with E-state index in [1.807, 2.05) is 0 Å². The van der Waals surface area contributed by atoms with Crippen LogP contribution in [0.5, 0.6) is 0 Å². The van der Waals surface area contributed by atoms with Crippen LogP contribution in [-0.2, 0) is 0 Å². The van der Waals surface area contributed by atoms with Crippen molar-refractivity contribution in [2.24, 2.45) is 10.8 Å². The molecule has 0 fully saturated rings. The maximum absolute atomic E-state index is 11.9. The maximum Gasteiger partial charge on any atom is 0.282 e. The van der Waals surface area contributed by atoms with Gasteiger partial charge in [0, 0.05) is 23.2 Å². The van der Waals surface area contributed by atoms with Crippen molar-refractivity contribution < 1.29 is 9.72 Å². The minimum Gasteiger partial charge on any atom is -0.352 e. The molecule has 9 heteroatoms. The van der Waals surface area contributed by atoms with Crippen LogP contribution in [0.2, 0.25) is 0 Å². The Bertz CT molecular complexity index is 553. The van der Waals surface area contributed by atoms with Crippen LogP contribution >= 0.6 is 0 Å². The fourth-order valence-corrected chi connectivity index (χ4v) is 1.55. The van der Waals surface area contributed by atoms with E-state index in [-0.39, 0.29) is 16.9 Å². The van der Waals surface area contributed by atoms with Gasteiger partial charge in [0.1, 0.15) is 5.56 Å². The highest BCUT2D eigenvalue weighted by molar-refractivity contribution is 5.98. The normalized spacial score (nSPS) is 9.65.